The van der Waals surface area contributed by atoms with Crippen molar-refractivity contribution in [2.75, 3.05) is 20.7 Å². The lowest BCUT2D eigenvalue weighted by Crippen LogP contribution is -2.36. The number of carbonyl (C=O) groups excluding carboxylic acids is 1. The van der Waals surface area contributed by atoms with Crippen LogP contribution in [0.5, 0.6) is 5.75 Å². The molecule has 0 aliphatic rings. The van der Waals surface area contributed by atoms with Gasteiger partial charge in [-0.2, -0.15) is 13.2 Å². The second kappa shape index (κ2) is 11.3. The maximum Gasteiger partial charge on any atom is 0.433 e. The van der Waals surface area contributed by atoms with Crippen molar-refractivity contribution in [2.45, 2.75) is 24.6 Å². The van der Waals surface area contributed by atoms with E-state index in [0.29, 0.717) is 23.1 Å². The number of methoxy groups -OCH3 is 1. The topological polar surface area (TPSA) is 63.2 Å². The largest absolute Gasteiger partial charge is 0.494 e. The second-order valence-electron chi connectivity index (χ2n) is 7.76. The Bertz CT molecular complexity index is 1140. The zero-order valence-corrected chi connectivity index (χ0v) is 19.0. The molecule has 186 valence electrons. The molecule has 2 atom stereocenters. The Labute approximate surface area is 199 Å². The number of halogens is 5. The lowest BCUT2D eigenvalue weighted by Gasteiger charge is -2.22. The van der Waals surface area contributed by atoms with Crippen LogP contribution in [0.15, 0.2) is 60.8 Å². The highest BCUT2D eigenvalue weighted by atomic mass is 19.4. The molecule has 1 heterocycles. The standard InChI is InChI=1S/C25H24F5N3O2/c1-31-24(34)23(15-3-7-18(26)8-4-15)32-12-11-19(16-5-9-20(27)21(13-16)35-2)17-6-10-22(33-14-17)25(28,29)30/h3-10,13-14,19,23,32H,11-12H2,1-2H3,(H,31,34)/t19-,23-/m1/s1. The number of alkyl halides is 3. The smallest absolute Gasteiger partial charge is 0.433 e. The van der Waals surface area contributed by atoms with Gasteiger partial charge in [-0.25, -0.2) is 8.78 Å². The number of likely N-dealkylation sites (N-methyl/N-ethyl adjacent to an activating group) is 1. The van der Waals surface area contributed by atoms with Crippen molar-refractivity contribution < 1.29 is 31.5 Å². The van der Waals surface area contributed by atoms with E-state index in [9.17, 15) is 26.7 Å². The zero-order valence-electron chi connectivity index (χ0n) is 19.0. The van der Waals surface area contributed by atoms with Crippen LogP contribution in [-0.2, 0) is 11.0 Å². The number of nitrogens with zero attached hydrogens (tertiary/aromatic N) is 1. The maximum absolute atomic E-state index is 14.0. The Balaban J connectivity index is 1.87. The molecule has 2 aromatic carbocycles. The predicted octanol–water partition coefficient (Wildman–Crippen LogP) is 4.99. The molecule has 10 heteroatoms. The third-order valence-electron chi connectivity index (χ3n) is 5.55. The first-order valence-electron chi connectivity index (χ1n) is 10.7. The minimum Gasteiger partial charge on any atom is -0.494 e. The van der Waals surface area contributed by atoms with Crippen molar-refractivity contribution in [1.82, 2.24) is 15.6 Å². The van der Waals surface area contributed by atoms with Gasteiger partial charge in [0.05, 0.1) is 7.11 Å². The van der Waals surface area contributed by atoms with E-state index >= 15 is 0 Å². The third-order valence-corrected chi connectivity index (χ3v) is 5.55. The van der Waals surface area contributed by atoms with Crippen molar-refractivity contribution in [3.8, 4) is 5.75 Å². The maximum atomic E-state index is 14.0. The summed E-state index contributed by atoms with van der Waals surface area (Å²) in [5.41, 5.74) is 0.601. The molecule has 0 spiro atoms. The molecule has 0 fully saturated rings. The third kappa shape index (κ3) is 6.54. The summed E-state index contributed by atoms with van der Waals surface area (Å²) in [4.78, 5) is 16.0. The van der Waals surface area contributed by atoms with E-state index in [4.69, 9.17) is 4.74 Å². The fourth-order valence-corrected chi connectivity index (χ4v) is 3.73. The minimum atomic E-state index is -4.58. The molecule has 35 heavy (non-hydrogen) atoms. The van der Waals surface area contributed by atoms with Gasteiger partial charge >= 0.3 is 6.18 Å². The van der Waals surface area contributed by atoms with Gasteiger partial charge in [-0.05, 0) is 60.0 Å². The summed E-state index contributed by atoms with van der Waals surface area (Å²) in [5.74, 6) is -1.84. The molecule has 0 bridgehead atoms. The van der Waals surface area contributed by atoms with E-state index in [0.717, 1.165) is 12.3 Å². The summed E-state index contributed by atoms with van der Waals surface area (Å²) in [6, 6.07) is 11.1. The molecule has 0 saturated carbocycles. The summed E-state index contributed by atoms with van der Waals surface area (Å²) in [7, 11) is 2.79. The molecule has 0 unspecified atom stereocenters. The molecule has 0 aliphatic heterocycles. The van der Waals surface area contributed by atoms with Gasteiger partial charge in [-0.15, -0.1) is 0 Å². The average molecular weight is 493 g/mol. The van der Waals surface area contributed by atoms with E-state index in [2.05, 4.69) is 15.6 Å². The molecular weight excluding hydrogens is 469 g/mol. The molecule has 1 aromatic heterocycles. The lowest BCUT2D eigenvalue weighted by atomic mass is 9.89. The van der Waals surface area contributed by atoms with Crippen LogP contribution in [0.25, 0.3) is 0 Å². The number of carbonyl (C=O) groups is 1. The van der Waals surface area contributed by atoms with Gasteiger partial charge in [0, 0.05) is 19.2 Å². The fraction of sp³-hybridized carbons (Fsp3) is 0.280. The Kier molecular flexibility index (Phi) is 8.39. The van der Waals surface area contributed by atoms with Gasteiger partial charge in [-0.3, -0.25) is 9.78 Å². The normalized spacial score (nSPS) is 13.2. The van der Waals surface area contributed by atoms with Crippen LogP contribution >= 0.6 is 0 Å². The number of hydrogen-bond acceptors (Lipinski definition) is 4. The highest BCUT2D eigenvalue weighted by molar-refractivity contribution is 5.82. The molecular formula is C25H24F5N3O2. The van der Waals surface area contributed by atoms with Crippen LogP contribution in [-0.4, -0.2) is 31.6 Å². The number of amides is 1. The molecule has 1 amide bonds. The van der Waals surface area contributed by atoms with Crippen LogP contribution in [0.2, 0.25) is 0 Å². The second-order valence-corrected chi connectivity index (χ2v) is 7.76. The first-order valence-corrected chi connectivity index (χ1v) is 10.7. The molecule has 5 nitrogen and oxygen atoms in total. The number of pyridine rings is 1. The van der Waals surface area contributed by atoms with E-state index in [1.807, 2.05) is 0 Å². The predicted molar refractivity (Wildman–Crippen MR) is 120 cm³/mol. The minimum absolute atomic E-state index is 0.00474. The number of rotatable bonds is 9. The molecule has 3 rings (SSSR count). The number of aromatic nitrogens is 1. The summed E-state index contributed by atoms with van der Waals surface area (Å²) in [6.45, 7) is 0.251. The van der Waals surface area contributed by atoms with E-state index in [1.54, 1.807) is 0 Å². The Morgan fingerprint density at radius 3 is 2.23 bits per heavy atom. The van der Waals surface area contributed by atoms with Gasteiger partial charge in [-0.1, -0.05) is 24.3 Å². The first-order chi connectivity index (χ1) is 16.6. The number of nitrogens with one attached hydrogen (secondary N) is 2. The van der Waals surface area contributed by atoms with Crippen molar-refractivity contribution in [3.63, 3.8) is 0 Å². The molecule has 0 saturated heterocycles. The zero-order chi connectivity index (χ0) is 25.6. The fourth-order valence-electron chi connectivity index (χ4n) is 3.73. The van der Waals surface area contributed by atoms with Crippen molar-refractivity contribution in [3.05, 3.63) is 94.8 Å². The van der Waals surface area contributed by atoms with Crippen LogP contribution in [0.3, 0.4) is 0 Å². The highest BCUT2D eigenvalue weighted by Gasteiger charge is 2.32. The quantitative estimate of drug-likeness (QED) is 0.413. The van der Waals surface area contributed by atoms with E-state index < -0.39 is 35.5 Å². The van der Waals surface area contributed by atoms with Crippen LogP contribution in [0.1, 0.15) is 40.8 Å². The number of benzene rings is 2. The molecule has 0 aliphatic carbocycles. The average Bonchev–Trinajstić information content (AvgIpc) is 2.84. The SMILES string of the molecule is CNC(=O)[C@H](NCC[C@@H](c1ccc(C(F)(F)F)nc1)c1ccc(F)c(OC)c1)c1ccc(F)cc1. The first kappa shape index (κ1) is 26.1. The molecule has 2 N–H and O–H groups in total. The summed E-state index contributed by atoms with van der Waals surface area (Å²) >= 11 is 0. The van der Waals surface area contributed by atoms with Crippen LogP contribution in [0, 0.1) is 11.6 Å². The van der Waals surface area contributed by atoms with Crippen molar-refractivity contribution in [2.24, 2.45) is 0 Å². The van der Waals surface area contributed by atoms with Crippen LogP contribution < -0.4 is 15.4 Å². The van der Waals surface area contributed by atoms with E-state index in [1.165, 1.54) is 62.7 Å². The Hall–Kier alpha value is -3.53. The van der Waals surface area contributed by atoms with Crippen molar-refractivity contribution >= 4 is 5.91 Å². The van der Waals surface area contributed by atoms with Gasteiger partial charge < -0.3 is 15.4 Å². The molecule has 0 radical (unpaired) electrons. The summed E-state index contributed by atoms with van der Waals surface area (Å²) < 4.78 is 71.3. The number of ether oxygens (including phenoxy) is 1. The lowest BCUT2D eigenvalue weighted by molar-refractivity contribution is -0.141. The van der Waals surface area contributed by atoms with Gasteiger partial charge in [0.25, 0.3) is 0 Å². The Morgan fingerprint density at radius 2 is 1.66 bits per heavy atom. The Morgan fingerprint density at radius 1 is 1.00 bits per heavy atom. The van der Waals surface area contributed by atoms with Crippen molar-refractivity contribution in [1.29, 1.82) is 0 Å². The summed E-state index contributed by atoms with van der Waals surface area (Å²) in [5, 5.41) is 5.66. The van der Waals surface area contributed by atoms with Gasteiger partial charge in [0.15, 0.2) is 11.6 Å². The monoisotopic (exact) mass is 493 g/mol. The van der Waals surface area contributed by atoms with Gasteiger partial charge in [0.2, 0.25) is 5.91 Å². The van der Waals surface area contributed by atoms with Gasteiger partial charge in [0.1, 0.15) is 17.6 Å². The highest BCUT2D eigenvalue weighted by Crippen LogP contribution is 2.33. The number of hydrogen-bond donors (Lipinski definition) is 2. The van der Waals surface area contributed by atoms with E-state index in [-0.39, 0.29) is 18.2 Å². The summed E-state index contributed by atoms with van der Waals surface area (Å²) in [6.07, 6.45) is -3.11. The molecule has 3 aromatic rings. The van der Waals surface area contributed by atoms with Crippen LogP contribution in [0.4, 0.5) is 22.0 Å².